The number of fused-ring (bicyclic) bond motifs is 4. The molecular weight excluding hydrogens is 406 g/mol. The van der Waals surface area contributed by atoms with Crippen molar-refractivity contribution in [2.24, 2.45) is 11.8 Å². The van der Waals surface area contributed by atoms with Crippen molar-refractivity contribution in [3.05, 3.63) is 35.1 Å². The highest BCUT2D eigenvalue weighted by atomic mass is 16.8. The third-order valence-electron chi connectivity index (χ3n) is 6.67. The average molecular weight is 433 g/mol. The Morgan fingerprint density at radius 2 is 1.97 bits per heavy atom. The number of Topliss-reactive ketones (excluding diaryl/α,β-unsaturated/α-hetero) is 2. The van der Waals surface area contributed by atoms with Crippen LogP contribution in [-0.4, -0.2) is 70.5 Å². The number of allylic oxidation sites excluding steroid dienone is 3. The van der Waals surface area contributed by atoms with Crippen molar-refractivity contribution in [2.75, 3.05) is 13.2 Å². The van der Waals surface area contributed by atoms with Gasteiger partial charge < -0.3 is 29.7 Å². The number of carbonyl (C=O) groups is 3. The largest absolute Gasteiger partial charge is 0.507 e. The minimum Gasteiger partial charge on any atom is -0.507 e. The lowest BCUT2D eigenvalue weighted by Gasteiger charge is -2.51. The molecule has 3 N–H and O–H groups in total. The molecule has 4 aliphatic rings. The molecule has 4 rings (SSSR count). The van der Waals surface area contributed by atoms with Gasteiger partial charge in [-0.3, -0.25) is 14.4 Å². The van der Waals surface area contributed by atoms with E-state index in [1.807, 2.05) is 26.8 Å². The Bertz CT molecular complexity index is 918. The molecule has 1 amide bonds. The molecule has 9 heteroatoms. The number of rotatable bonds is 5. The van der Waals surface area contributed by atoms with Crippen molar-refractivity contribution in [3.8, 4) is 0 Å². The smallest absolute Gasteiger partial charge is 0.259 e. The third kappa shape index (κ3) is 3.27. The maximum atomic E-state index is 12.7. The van der Waals surface area contributed by atoms with E-state index in [2.05, 4.69) is 5.32 Å². The minimum absolute atomic E-state index is 0.116. The van der Waals surface area contributed by atoms with E-state index in [9.17, 15) is 24.6 Å². The first-order valence-electron chi connectivity index (χ1n) is 10.3. The van der Waals surface area contributed by atoms with Gasteiger partial charge in [0.25, 0.3) is 5.91 Å². The monoisotopic (exact) mass is 433 g/mol. The predicted molar refractivity (Wildman–Crippen MR) is 107 cm³/mol. The molecule has 31 heavy (non-hydrogen) atoms. The van der Waals surface area contributed by atoms with Crippen molar-refractivity contribution in [3.63, 3.8) is 0 Å². The van der Waals surface area contributed by atoms with Crippen molar-refractivity contribution in [1.29, 1.82) is 0 Å². The minimum atomic E-state index is -1.23. The van der Waals surface area contributed by atoms with Gasteiger partial charge in [0.05, 0.1) is 19.3 Å². The molecule has 0 aromatic heterocycles. The first-order chi connectivity index (χ1) is 14.5. The molecule has 4 heterocycles. The number of amides is 1. The van der Waals surface area contributed by atoms with Crippen LogP contribution in [0.4, 0.5) is 0 Å². The van der Waals surface area contributed by atoms with E-state index in [1.165, 1.54) is 6.08 Å². The molecule has 0 saturated carbocycles. The molecule has 4 saturated heterocycles. The zero-order chi connectivity index (χ0) is 22.7. The van der Waals surface area contributed by atoms with Crippen molar-refractivity contribution in [2.45, 2.75) is 57.4 Å². The van der Waals surface area contributed by atoms with Gasteiger partial charge in [0.15, 0.2) is 23.3 Å². The standard InChI is InChI=1S/C22H27NO8/c1-10(5-6-13(25)15-14(26)8-23-20(15)28)7-11(2)17-12(3)18-16(27)19-22(9-24,31-19)21(4,29-17)30-18/h5-7,11-12,17-19,24-25H,8-9H2,1-4H3,(H,23,28)/b6-5-,10-7+,15-13-/t11-,12-,17-,18+,19-,21+,22-/m1/s1. The highest BCUT2D eigenvalue weighted by Gasteiger charge is 2.78. The van der Waals surface area contributed by atoms with Crippen LogP contribution in [0.2, 0.25) is 0 Å². The Kier molecular flexibility index (Phi) is 5.20. The van der Waals surface area contributed by atoms with E-state index in [1.54, 1.807) is 13.0 Å². The number of ether oxygens (including phenoxy) is 3. The number of aliphatic hydroxyl groups excluding tert-OH is 2. The van der Waals surface area contributed by atoms with Gasteiger partial charge in [0.1, 0.15) is 17.4 Å². The molecule has 0 unspecified atom stereocenters. The second kappa shape index (κ2) is 7.37. The van der Waals surface area contributed by atoms with E-state index in [0.717, 1.165) is 5.57 Å². The van der Waals surface area contributed by atoms with Gasteiger partial charge in [0.2, 0.25) is 5.79 Å². The van der Waals surface area contributed by atoms with Gasteiger partial charge in [-0.15, -0.1) is 0 Å². The summed E-state index contributed by atoms with van der Waals surface area (Å²) in [6.45, 7) is 6.84. The van der Waals surface area contributed by atoms with Gasteiger partial charge in [-0.1, -0.05) is 31.6 Å². The average Bonchev–Trinajstić information content (AvgIpc) is 3.40. The molecule has 4 fully saturated rings. The fourth-order valence-electron chi connectivity index (χ4n) is 4.82. The van der Waals surface area contributed by atoms with Crippen LogP contribution in [-0.2, 0) is 28.6 Å². The molecule has 7 atom stereocenters. The first-order valence-corrected chi connectivity index (χ1v) is 10.3. The number of hydrogen-bond acceptors (Lipinski definition) is 8. The van der Waals surface area contributed by atoms with E-state index >= 15 is 0 Å². The number of ketones is 2. The zero-order valence-corrected chi connectivity index (χ0v) is 17.9. The van der Waals surface area contributed by atoms with Crippen LogP contribution in [0.3, 0.4) is 0 Å². The number of aliphatic hydroxyl groups is 2. The molecule has 0 radical (unpaired) electrons. The number of hydrogen-bond donors (Lipinski definition) is 3. The maximum Gasteiger partial charge on any atom is 0.259 e. The molecule has 168 valence electrons. The Balaban J connectivity index is 1.53. The molecule has 0 aliphatic carbocycles. The fraction of sp³-hybridized carbons (Fsp3) is 0.591. The van der Waals surface area contributed by atoms with Gasteiger partial charge in [0, 0.05) is 11.8 Å². The maximum absolute atomic E-state index is 12.7. The van der Waals surface area contributed by atoms with E-state index in [-0.39, 0.29) is 48.2 Å². The number of carbonyl (C=O) groups excluding carboxylic acids is 3. The molecule has 0 aromatic rings. The summed E-state index contributed by atoms with van der Waals surface area (Å²) in [4.78, 5) is 36.0. The molecule has 2 bridgehead atoms. The van der Waals surface area contributed by atoms with Crippen molar-refractivity contribution < 1.29 is 38.8 Å². The van der Waals surface area contributed by atoms with E-state index in [0.29, 0.717) is 0 Å². The van der Waals surface area contributed by atoms with Crippen molar-refractivity contribution >= 4 is 17.5 Å². The Labute approximate surface area is 179 Å². The Morgan fingerprint density at radius 3 is 2.58 bits per heavy atom. The Hall–Kier alpha value is -2.33. The normalized spacial score (nSPS) is 42.5. The highest BCUT2D eigenvalue weighted by molar-refractivity contribution is 6.25. The van der Waals surface area contributed by atoms with Crippen LogP contribution in [0.25, 0.3) is 0 Å². The van der Waals surface area contributed by atoms with Crippen LogP contribution in [0.5, 0.6) is 0 Å². The lowest BCUT2D eigenvalue weighted by molar-refractivity contribution is -0.355. The van der Waals surface area contributed by atoms with E-state index in [4.69, 9.17) is 14.2 Å². The summed E-state index contributed by atoms with van der Waals surface area (Å²) in [5.41, 5.74) is -0.637. The first kappa shape index (κ1) is 21.9. The summed E-state index contributed by atoms with van der Waals surface area (Å²) in [7, 11) is 0. The van der Waals surface area contributed by atoms with Gasteiger partial charge in [-0.2, -0.15) is 0 Å². The van der Waals surface area contributed by atoms with Gasteiger partial charge in [-0.05, 0) is 19.9 Å². The summed E-state index contributed by atoms with van der Waals surface area (Å²) >= 11 is 0. The summed E-state index contributed by atoms with van der Waals surface area (Å²) in [6.07, 6.45) is 3.07. The number of nitrogens with one attached hydrogen (secondary N) is 1. The lowest BCUT2D eigenvalue weighted by atomic mass is 9.78. The third-order valence-corrected chi connectivity index (χ3v) is 6.67. The predicted octanol–water partition coefficient (Wildman–Crippen LogP) is 0.485. The summed E-state index contributed by atoms with van der Waals surface area (Å²) in [5, 5.41) is 22.3. The summed E-state index contributed by atoms with van der Waals surface area (Å²) in [5.74, 6) is -3.20. The van der Waals surface area contributed by atoms with Gasteiger partial charge >= 0.3 is 0 Å². The highest BCUT2D eigenvalue weighted by Crippen LogP contribution is 2.57. The summed E-state index contributed by atoms with van der Waals surface area (Å²) in [6, 6.07) is 0. The Morgan fingerprint density at radius 1 is 1.26 bits per heavy atom. The molecule has 9 nitrogen and oxygen atoms in total. The molecular formula is C22H27NO8. The molecule has 4 aliphatic heterocycles. The van der Waals surface area contributed by atoms with Crippen LogP contribution < -0.4 is 5.32 Å². The molecule has 0 aromatic carbocycles. The topological polar surface area (TPSA) is 135 Å². The second-order valence-electron chi connectivity index (χ2n) is 8.84. The van der Waals surface area contributed by atoms with Gasteiger partial charge in [-0.25, -0.2) is 0 Å². The SMILES string of the molecule is CC(/C=C\C(O)=C1/C(=O)CNC1=O)=C\[C@@H](C)[C@H]1O[C@@]2(C)O[C@H](C(=O)[C@H]3O[C@]32CO)[C@@H]1C. The van der Waals surface area contributed by atoms with Crippen LogP contribution in [0, 0.1) is 11.8 Å². The molecule has 0 spiro atoms. The van der Waals surface area contributed by atoms with Crippen LogP contribution >= 0.6 is 0 Å². The fourth-order valence-corrected chi connectivity index (χ4v) is 4.82. The van der Waals surface area contributed by atoms with Crippen LogP contribution in [0.15, 0.2) is 35.1 Å². The number of epoxide rings is 1. The lowest BCUT2D eigenvalue weighted by Crippen LogP contribution is -2.67. The van der Waals surface area contributed by atoms with E-state index < -0.39 is 35.3 Å². The summed E-state index contributed by atoms with van der Waals surface area (Å²) < 4.78 is 17.8. The second-order valence-corrected chi connectivity index (χ2v) is 8.84. The van der Waals surface area contributed by atoms with Crippen LogP contribution in [0.1, 0.15) is 27.7 Å². The van der Waals surface area contributed by atoms with Crippen molar-refractivity contribution in [1.82, 2.24) is 5.32 Å². The zero-order valence-electron chi connectivity index (χ0n) is 17.9. The quantitative estimate of drug-likeness (QED) is 0.187.